The highest BCUT2D eigenvalue weighted by atomic mass is 16.5. The van der Waals surface area contributed by atoms with E-state index in [-0.39, 0.29) is 5.91 Å². The molecule has 0 bridgehead atoms. The van der Waals surface area contributed by atoms with E-state index >= 15 is 0 Å². The minimum absolute atomic E-state index is 0.0264. The first-order valence-electron chi connectivity index (χ1n) is 7.59. The summed E-state index contributed by atoms with van der Waals surface area (Å²) in [6.45, 7) is 7.10. The molecule has 2 rings (SSSR count). The van der Waals surface area contributed by atoms with E-state index in [0.29, 0.717) is 19.6 Å². The lowest BCUT2D eigenvalue weighted by Gasteiger charge is -2.07. The van der Waals surface area contributed by atoms with Gasteiger partial charge in [-0.05, 0) is 44.9 Å². The highest BCUT2D eigenvalue weighted by Crippen LogP contribution is 2.12. The molecule has 1 aromatic carbocycles. The molecule has 0 saturated heterocycles. The molecular weight excluding hydrogens is 278 g/mol. The normalized spacial score (nSPS) is 10.5. The van der Waals surface area contributed by atoms with Crippen molar-refractivity contribution in [1.82, 2.24) is 15.5 Å². The minimum atomic E-state index is 0.0264. The van der Waals surface area contributed by atoms with Crippen LogP contribution < -0.4 is 10.1 Å². The van der Waals surface area contributed by atoms with Crippen LogP contribution in [0.4, 0.5) is 0 Å². The molecule has 0 aliphatic heterocycles. The van der Waals surface area contributed by atoms with Crippen LogP contribution in [0.15, 0.2) is 24.3 Å². The second kappa shape index (κ2) is 7.64. The van der Waals surface area contributed by atoms with E-state index in [1.165, 1.54) is 5.56 Å². The summed E-state index contributed by atoms with van der Waals surface area (Å²) >= 11 is 0. The number of hydrogen-bond acceptors (Lipinski definition) is 3. The standard InChI is InChI=1S/C17H23N3O2/c1-4-22-15-7-5-14(6-8-15)9-10-18-17(21)11-16-12(2)19-20-13(16)3/h5-8H,4,9-11H2,1-3H3,(H,18,21)(H,19,20). The van der Waals surface area contributed by atoms with Crippen LogP contribution in [0.2, 0.25) is 0 Å². The molecule has 1 heterocycles. The van der Waals surface area contributed by atoms with Crippen molar-refractivity contribution in [2.24, 2.45) is 0 Å². The second-order valence-electron chi connectivity index (χ2n) is 5.27. The number of ether oxygens (including phenoxy) is 1. The Morgan fingerprint density at radius 2 is 2.00 bits per heavy atom. The number of benzene rings is 1. The molecule has 5 nitrogen and oxygen atoms in total. The van der Waals surface area contributed by atoms with Gasteiger partial charge in [-0.15, -0.1) is 0 Å². The first kappa shape index (κ1) is 16.1. The number of aromatic amines is 1. The molecule has 0 aliphatic rings. The predicted octanol–water partition coefficient (Wildman–Crippen LogP) is 2.33. The highest BCUT2D eigenvalue weighted by molar-refractivity contribution is 5.79. The van der Waals surface area contributed by atoms with Gasteiger partial charge in [0, 0.05) is 17.8 Å². The minimum Gasteiger partial charge on any atom is -0.494 e. The van der Waals surface area contributed by atoms with Crippen molar-refractivity contribution in [1.29, 1.82) is 0 Å². The lowest BCUT2D eigenvalue weighted by atomic mass is 10.1. The summed E-state index contributed by atoms with van der Waals surface area (Å²) in [6, 6.07) is 7.97. The molecule has 2 aromatic rings. The van der Waals surface area contributed by atoms with Crippen molar-refractivity contribution in [2.75, 3.05) is 13.2 Å². The zero-order chi connectivity index (χ0) is 15.9. The number of rotatable bonds is 7. The smallest absolute Gasteiger partial charge is 0.224 e. The third-order valence-corrected chi connectivity index (χ3v) is 3.59. The Kier molecular flexibility index (Phi) is 5.58. The van der Waals surface area contributed by atoms with Crippen LogP contribution in [0.5, 0.6) is 5.75 Å². The van der Waals surface area contributed by atoms with Crippen molar-refractivity contribution in [2.45, 2.75) is 33.6 Å². The maximum absolute atomic E-state index is 12.0. The lowest BCUT2D eigenvalue weighted by Crippen LogP contribution is -2.27. The van der Waals surface area contributed by atoms with Gasteiger partial charge in [-0.1, -0.05) is 12.1 Å². The maximum Gasteiger partial charge on any atom is 0.224 e. The van der Waals surface area contributed by atoms with Gasteiger partial charge in [-0.25, -0.2) is 0 Å². The van der Waals surface area contributed by atoms with E-state index in [1.807, 2.05) is 45.0 Å². The first-order valence-corrected chi connectivity index (χ1v) is 7.59. The van der Waals surface area contributed by atoms with Crippen LogP contribution >= 0.6 is 0 Å². The molecule has 0 saturated carbocycles. The number of nitrogens with zero attached hydrogens (tertiary/aromatic N) is 1. The SMILES string of the molecule is CCOc1ccc(CCNC(=O)Cc2c(C)n[nH]c2C)cc1. The van der Waals surface area contributed by atoms with Gasteiger partial charge in [0.25, 0.3) is 0 Å². The summed E-state index contributed by atoms with van der Waals surface area (Å²) in [5.41, 5.74) is 4.01. The average molecular weight is 301 g/mol. The summed E-state index contributed by atoms with van der Waals surface area (Å²) in [5.74, 6) is 0.903. The van der Waals surface area contributed by atoms with E-state index in [4.69, 9.17) is 4.74 Å². The molecule has 0 unspecified atom stereocenters. The summed E-state index contributed by atoms with van der Waals surface area (Å²) in [4.78, 5) is 12.0. The fraction of sp³-hybridized carbons (Fsp3) is 0.412. The van der Waals surface area contributed by atoms with Crippen LogP contribution in [0, 0.1) is 13.8 Å². The molecule has 0 fully saturated rings. The Morgan fingerprint density at radius 1 is 1.27 bits per heavy atom. The zero-order valence-corrected chi connectivity index (χ0v) is 13.4. The van der Waals surface area contributed by atoms with Crippen LogP contribution in [-0.2, 0) is 17.6 Å². The second-order valence-corrected chi connectivity index (χ2v) is 5.27. The van der Waals surface area contributed by atoms with Gasteiger partial charge < -0.3 is 10.1 Å². The van der Waals surface area contributed by atoms with Crippen LogP contribution in [0.1, 0.15) is 29.4 Å². The van der Waals surface area contributed by atoms with Crippen molar-refractivity contribution in [3.63, 3.8) is 0 Å². The van der Waals surface area contributed by atoms with Gasteiger partial charge >= 0.3 is 0 Å². The maximum atomic E-state index is 12.0. The molecule has 5 heteroatoms. The predicted molar refractivity (Wildman–Crippen MR) is 86.1 cm³/mol. The van der Waals surface area contributed by atoms with Gasteiger partial charge in [0.1, 0.15) is 5.75 Å². The molecule has 1 aromatic heterocycles. The van der Waals surface area contributed by atoms with E-state index in [0.717, 1.165) is 29.1 Å². The first-order chi connectivity index (χ1) is 10.6. The quantitative estimate of drug-likeness (QED) is 0.825. The Hall–Kier alpha value is -2.30. The van der Waals surface area contributed by atoms with E-state index in [9.17, 15) is 4.79 Å². The monoisotopic (exact) mass is 301 g/mol. The van der Waals surface area contributed by atoms with Gasteiger partial charge in [-0.2, -0.15) is 5.10 Å². The topological polar surface area (TPSA) is 67.0 Å². The van der Waals surface area contributed by atoms with Gasteiger partial charge in [0.15, 0.2) is 0 Å². The number of aryl methyl sites for hydroxylation is 2. The summed E-state index contributed by atoms with van der Waals surface area (Å²) in [5, 5.41) is 9.95. The number of carbonyl (C=O) groups is 1. The number of nitrogens with one attached hydrogen (secondary N) is 2. The highest BCUT2D eigenvalue weighted by Gasteiger charge is 2.10. The zero-order valence-electron chi connectivity index (χ0n) is 13.4. The molecular formula is C17H23N3O2. The molecule has 0 aliphatic carbocycles. The average Bonchev–Trinajstić information content (AvgIpc) is 2.81. The molecule has 1 amide bonds. The number of amides is 1. The molecule has 0 atom stereocenters. The van der Waals surface area contributed by atoms with Gasteiger partial charge in [0.05, 0.1) is 18.7 Å². The molecule has 2 N–H and O–H groups in total. The fourth-order valence-corrected chi connectivity index (χ4v) is 2.32. The molecule has 118 valence electrons. The Labute approximate surface area is 131 Å². The van der Waals surface area contributed by atoms with Crippen molar-refractivity contribution in [3.8, 4) is 5.75 Å². The number of hydrogen-bond donors (Lipinski definition) is 2. The molecule has 0 radical (unpaired) electrons. The van der Waals surface area contributed by atoms with Crippen molar-refractivity contribution < 1.29 is 9.53 Å². The Morgan fingerprint density at radius 3 is 2.59 bits per heavy atom. The van der Waals surface area contributed by atoms with Gasteiger partial charge in [0.2, 0.25) is 5.91 Å². The Bertz CT molecular complexity index is 598. The van der Waals surface area contributed by atoms with E-state index in [2.05, 4.69) is 15.5 Å². The number of H-pyrrole nitrogens is 1. The third-order valence-electron chi connectivity index (χ3n) is 3.59. The fourth-order valence-electron chi connectivity index (χ4n) is 2.32. The van der Waals surface area contributed by atoms with Crippen LogP contribution in [-0.4, -0.2) is 29.3 Å². The van der Waals surface area contributed by atoms with Gasteiger partial charge in [-0.3, -0.25) is 9.89 Å². The van der Waals surface area contributed by atoms with Crippen molar-refractivity contribution >= 4 is 5.91 Å². The largest absolute Gasteiger partial charge is 0.494 e. The van der Waals surface area contributed by atoms with E-state index in [1.54, 1.807) is 0 Å². The van der Waals surface area contributed by atoms with Crippen LogP contribution in [0.3, 0.4) is 0 Å². The van der Waals surface area contributed by atoms with Crippen LogP contribution in [0.25, 0.3) is 0 Å². The summed E-state index contributed by atoms with van der Waals surface area (Å²) < 4.78 is 5.41. The van der Waals surface area contributed by atoms with E-state index < -0.39 is 0 Å². The third kappa shape index (κ3) is 4.35. The summed E-state index contributed by atoms with van der Waals surface area (Å²) in [7, 11) is 0. The number of carbonyl (C=O) groups excluding carboxylic acids is 1. The Balaban J connectivity index is 1.77. The lowest BCUT2D eigenvalue weighted by molar-refractivity contribution is -0.120. The molecule has 0 spiro atoms. The van der Waals surface area contributed by atoms with Crippen molar-refractivity contribution in [3.05, 3.63) is 46.8 Å². The summed E-state index contributed by atoms with van der Waals surface area (Å²) in [6.07, 6.45) is 1.18. The molecule has 22 heavy (non-hydrogen) atoms. The number of aromatic nitrogens is 2.